The molecular formula is C23H28F3N5O5Si. The molecule has 4 rings (SSSR count). The average molecular weight is 540 g/mol. The molecule has 10 nitrogen and oxygen atoms in total. The fourth-order valence-corrected chi connectivity index (χ4v) is 4.38. The van der Waals surface area contributed by atoms with Gasteiger partial charge in [0.25, 0.3) is 5.69 Å². The van der Waals surface area contributed by atoms with Gasteiger partial charge in [-0.15, -0.1) is 0 Å². The van der Waals surface area contributed by atoms with Crippen molar-refractivity contribution < 1.29 is 32.3 Å². The van der Waals surface area contributed by atoms with E-state index in [-0.39, 0.29) is 24.2 Å². The summed E-state index contributed by atoms with van der Waals surface area (Å²) in [5.41, 5.74) is 1.22. The largest absolute Gasteiger partial charge is 0.484 e. The summed E-state index contributed by atoms with van der Waals surface area (Å²) in [4.78, 5) is 21.5. The van der Waals surface area contributed by atoms with Crippen LogP contribution in [0.3, 0.4) is 0 Å². The number of halogens is 3. The highest BCUT2D eigenvalue weighted by Crippen LogP contribution is 2.35. The fourth-order valence-electron chi connectivity index (χ4n) is 3.63. The van der Waals surface area contributed by atoms with Gasteiger partial charge in [-0.2, -0.15) is 13.2 Å². The number of nitrogens with zero attached hydrogens (tertiary/aromatic N) is 5. The number of alkyl halides is 3. The van der Waals surface area contributed by atoms with Crippen LogP contribution in [-0.2, 0) is 9.47 Å². The highest BCUT2D eigenvalue weighted by Gasteiger charge is 2.31. The SMILES string of the molecule is C[Si](C)(C)CCOCN(c1ccc(OCC(F)(F)F)cc1)c1nc2cc([N+](=O)[O-])cnc2n1C1COC1. The lowest BCUT2D eigenvalue weighted by atomic mass is 10.2. The van der Waals surface area contributed by atoms with E-state index >= 15 is 0 Å². The Bertz CT molecular complexity index is 1240. The van der Waals surface area contributed by atoms with Crippen molar-refractivity contribution in [1.29, 1.82) is 0 Å². The Labute approximate surface area is 212 Å². The highest BCUT2D eigenvalue weighted by molar-refractivity contribution is 6.76. The van der Waals surface area contributed by atoms with Crippen molar-refractivity contribution in [3.8, 4) is 5.75 Å². The molecule has 3 heterocycles. The van der Waals surface area contributed by atoms with E-state index < -0.39 is 25.8 Å². The Hall–Kier alpha value is -3.23. The number of aromatic nitrogens is 3. The van der Waals surface area contributed by atoms with Gasteiger partial charge >= 0.3 is 6.18 Å². The maximum absolute atomic E-state index is 12.5. The lowest BCUT2D eigenvalue weighted by Crippen LogP contribution is -2.34. The Morgan fingerprint density at radius 2 is 1.95 bits per heavy atom. The lowest BCUT2D eigenvalue weighted by Gasteiger charge is -2.32. The Balaban J connectivity index is 1.70. The van der Waals surface area contributed by atoms with E-state index in [1.807, 2.05) is 4.57 Å². The van der Waals surface area contributed by atoms with Crippen LogP contribution in [0.15, 0.2) is 36.5 Å². The maximum atomic E-state index is 12.5. The second kappa shape index (κ2) is 10.6. The first-order chi connectivity index (χ1) is 17.4. The van der Waals surface area contributed by atoms with Crippen LogP contribution < -0.4 is 9.64 Å². The maximum Gasteiger partial charge on any atom is 0.422 e. The Morgan fingerprint density at radius 3 is 2.51 bits per heavy atom. The van der Waals surface area contributed by atoms with Gasteiger partial charge in [0.1, 0.15) is 24.2 Å². The molecule has 200 valence electrons. The van der Waals surface area contributed by atoms with E-state index in [1.54, 1.807) is 17.0 Å². The molecule has 14 heteroatoms. The zero-order valence-electron chi connectivity index (χ0n) is 20.7. The number of fused-ring (bicyclic) bond motifs is 1. The number of rotatable bonds is 11. The van der Waals surface area contributed by atoms with Gasteiger partial charge in [-0.3, -0.25) is 19.6 Å². The van der Waals surface area contributed by atoms with E-state index in [0.29, 0.717) is 42.6 Å². The van der Waals surface area contributed by atoms with Gasteiger partial charge in [-0.25, -0.2) is 9.97 Å². The summed E-state index contributed by atoms with van der Waals surface area (Å²) >= 11 is 0. The molecule has 0 spiro atoms. The van der Waals surface area contributed by atoms with Gasteiger partial charge in [0.2, 0.25) is 5.95 Å². The average Bonchev–Trinajstić information content (AvgIpc) is 3.14. The number of hydrogen-bond donors (Lipinski definition) is 0. The molecule has 0 aliphatic carbocycles. The van der Waals surface area contributed by atoms with E-state index in [9.17, 15) is 23.3 Å². The Morgan fingerprint density at radius 1 is 1.24 bits per heavy atom. The van der Waals surface area contributed by atoms with E-state index in [1.165, 1.54) is 24.4 Å². The Kier molecular flexibility index (Phi) is 7.71. The van der Waals surface area contributed by atoms with Gasteiger partial charge in [0, 0.05) is 26.4 Å². The molecule has 0 N–H and O–H groups in total. The smallest absolute Gasteiger partial charge is 0.422 e. The first-order valence-corrected chi connectivity index (χ1v) is 15.4. The van der Waals surface area contributed by atoms with Crippen LogP contribution in [0.4, 0.5) is 30.5 Å². The van der Waals surface area contributed by atoms with Gasteiger partial charge in [-0.1, -0.05) is 19.6 Å². The number of ether oxygens (including phenoxy) is 3. The van der Waals surface area contributed by atoms with Crippen LogP contribution in [0.2, 0.25) is 25.7 Å². The van der Waals surface area contributed by atoms with Crippen molar-refractivity contribution >= 4 is 36.6 Å². The van der Waals surface area contributed by atoms with Crippen LogP contribution in [0.5, 0.6) is 5.75 Å². The van der Waals surface area contributed by atoms with Crippen LogP contribution >= 0.6 is 0 Å². The van der Waals surface area contributed by atoms with Crippen LogP contribution in [0.25, 0.3) is 11.2 Å². The van der Waals surface area contributed by atoms with Gasteiger partial charge in [0.05, 0.1) is 24.2 Å². The molecular weight excluding hydrogens is 511 g/mol. The second-order valence-corrected chi connectivity index (χ2v) is 15.6. The molecule has 0 radical (unpaired) electrons. The van der Waals surface area contributed by atoms with E-state index in [4.69, 9.17) is 14.2 Å². The number of hydrogen-bond acceptors (Lipinski definition) is 8. The fraction of sp³-hybridized carbons (Fsp3) is 0.478. The van der Waals surface area contributed by atoms with Crippen LogP contribution in [0, 0.1) is 10.1 Å². The number of nitro groups is 1. The van der Waals surface area contributed by atoms with Crippen molar-refractivity contribution in [2.75, 3.05) is 38.1 Å². The topological polar surface area (TPSA) is 105 Å². The molecule has 2 aromatic heterocycles. The molecule has 0 saturated carbocycles. The molecule has 0 atom stereocenters. The molecule has 0 bridgehead atoms. The van der Waals surface area contributed by atoms with Gasteiger partial charge in [0.15, 0.2) is 12.3 Å². The summed E-state index contributed by atoms with van der Waals surface area (Å²) in [5, 5.41) is 11.3. The zero-order chi connectivity index (χ0) is 26.8. The van der Waals surface area contributed by atoms with Crippen LogP contribution in [-0.4, -0.2) is 66.9 Å². The number of pyridine rings is 1. The van der Waals surface area contributed by atoms with Crippen molar-refractivity contribution in [2.45, 2.75) is 37.9 Å². The van der Waals surface area contributed by atoms with E-state index in [2.05, 4.69) is 29.6 Å². The standard InChI is InChI=1S/C23H28F3N5O5Si/c1-37(2,3)9-8-34-15-29(16-4-6-19(7-5-16)36-14-23(24,25)26)22-28-20-10-17(31(32)33)11-27-21(20)30(22)18-12-35-13-18/h4-7,10-11,18H,8-9,12-15H2,1-3H3. The number of imidazole rings is 1. The van der Waals surface area contributed by atoms with Crippen molar-refractivity contribution in [3.05, 3.63) is 46.6 Å². The van der Waals surface area contributed by atoms with Gasteiger partial charge < -0.3 is 14.2 Å². The molecule has 1 aromatic carbocycles. The quantitative estimate of drug-likeness (QED) is 0.106. The molecule has 37 heavy (non-hydrogen) atoms. The predicted octanol–water partition coefficient (Wildman–Crippen LogP) is 5.30. The van der Waals surface area contributed by atoms with Crippen molar-refractivity contribution in [2.24, 2.45) is 0 Å². The first kappa shape index (κ1) is 26.8. The summed E-state index contributed by atoms with van der Waals surface area (Å²) in [7, 11) is -1.35. The van der Waals surface area contributed by atoms with Crippen molar-refractivity contribution in [1.82, 2.24) is 14.5 Å². The third-order valence-corrected chi connectivity index (χ3v) is 7.41. The molecule has 1 saturated heterocycles. The number of benzene rings is 1. The first-order valence-electron chi connectivity index (χ1n) is 11.7. The van der Waals surface area contributed by atoms with E-state index in [0.717, 1.165) is 6.04 Å². The van der Waals surface area contributed by atoms with Gasteiger partial charge in [-0.05, 0) is 30.3 Å². The predicted molar refractivity (Wildman–Crippen MR) is 133 cm³/mol. The minimum absolute atomic E-state index is 0.0684. The van der Waals surface area contributed by atoms with Crippen molar-refractivity contribution in [3.63, 3.8) is 0 Å². The highest BCUT2D eigenvalue weighted by atomic mass is 28.3. The summed E-state index contributed by atoms with van der Waals surface area (Å²) in [6.07, 6.45) is -3.26. The third kappa shape index (κ3) is 6.75. The summed E-state index contributed by atoms with van der Waals surface area (Å²) in [6, 6.07) is 8.32. The monoisotopic (exact) mass is 539 g/mol. The summed E-state index contributed by atoms with van der Waals surface area (Å²) < 4.78 is 55.7. The molecule has 1 aliphatic heterocycles. The molecule has 3 aromatic rings. The lowest BCUT2D eigenvalue weighted by molar-refractivity contribution is -0.385. The molecule has 0 unspecified atom stereocenters. The summed E-state index contributed by atoms with van der Waals surface area (Å²) in [5.74, 6) is 0.507. The molecule has 1 fully saturated rings. The zero-order valence-corrected chi connectivity index (χ0v) is 21.7. The second-order valence-electron chi connectivity index (χ2n) is 9.94. The number of anilines is 2. The third-order valence-electron chi connectivity index (χ3n) is 5.70. The minimum Gasteiger partial charge on any atom is -0.484 e. The molecule has 0 amide bonds. The van der Waals surface area contributed by atoms with Crippen LogP contribution in [0.1, 0.15) is 6.04 Å². The normalized spacial score (nSPS) is 14.5. The summed E-state index contributed by atoms with van der Waals surface area (Å²) in [6.45, 7) is 6.80. The molecule has 1 aliphatic rings. The minimum atomic E-state index is -4.44.